The Balaban J connectivity index is 0.00000420. The molecule has 0 aliphatic heterocycles. The molecular formula is C26H27Cl3N4O4S2. The number of halogens is 3. The predicted molar refractivity (Wildman–Crippen MR) is 162 cm³/mol. The van der Waals surface area contributed by atoms with Crippen LogP contribution in [0.4, 0.5) is 10.8 Å². The fourth-order valence-corrected chi connectivity index (χ4v) is 6.21. The summed E-state index contributed by atoms with van der Waals surface area (Å²) in [7, 11) is 1.60. The van der Waals surface area contributed by atoms with E-state index in [9.17, 15) is 13.2 Å². The van der Waals surface area contributed by atoms with Crippen molar-refractivity contribution in [1.29, 1.82) is 0 Å². The third-order valence-corrected chi connectivity index (χ3v) is 8.80. The van der Waals surface area contributed by atoms with Gasteiger partial charge in [-0.05, 0) is 81.7 Å². The molecule has 0 unspecified atom stereocenters. The van der Waals surface area contributed by atoms with E-state index in [1.807, 2.05) is 19.0 Å². The van der Waals surface area contributed by atoms with Crippen molar-refractivity contribution >= 4 is 83.9 Å². The number of nitrogens with zero attached hydrogens (tertiary/aromatic N) is 3. The lowest BCUT2D eigenvalue weighted by Crippen LogP contribution is -2.33. The van der Waals surface area contributed by atoms with Crippen LogP contribution in [0, 0.1) is 0 Å². The average Bonchev–Trinajstić information content (AvgIpc) is 3.33. The van der Waals surface area contributed by atoms with Crippen molar-refractivity contribution in [3.05, 3.63) is 76.3 Å². The number of rotatable bonds is 10. The molecule has 4 aromatic rings. The highest BCUT2D eigenvalue weighted by atomic mass is 35.5. The molecule has 4 rings (SSSR count). The topological polar surface area (TPSA) is 91.8 Å². The molecule has 0 spiro atoms. The van der Waals surface area contributed by atoms with E-state index < -0.39 is 10.0 Å². The number of benzene rings is 3. The molecular weight excluding hydrogens is 603 g/mol. The highest BCUT2D eigenvalue weighted by Gasteiger charge is 2.24. The zero-order chi connectivity index (χ0) is 27.4. The van der Waals surface area contributed by atoms with Crippen LogP contribution in [-0.4, -0.2) is 58.5 Å². The average molecular weight is 630 g/mol. The van der Waals surface area contributed by atoms with Crippen LogP contribution in [-0.2, 0) is 10.0 Å². The SMILES string of the molecule is COc1ccc(Cl)c2sc(N(CCCN(C)C)C(=O)c3cccc(NS(=O)(=O)c4ccc(Cl)cc4)c3)nc12.Cl. The molecule has 0 radical (unpaired) electrons. The number of thiazole rings is 1. The van der Waals surface area contributed by atoms with Gasteiger partial charge in [0, 0.05) is 22.8 Å². The summed E-state index contributed by atoms with van der Waals surface area (Å²) in [5.41, 5.74) is 1.14. The molecule has 13 heteroatoms. The molecule has 208 valence electrons. The van der Waals surface area contributed by atoms with Gasteiger partial charge in [-0.25, -0.2) is 13.4 Å². The maximum atomic E-state index is 13.8. The normalized spacial score (nSPS) is 11.3. The van der Waals surface area contributed by atoms with Gasteiger partial charge in [0.05, 0.1) is 21.7 Å². The molecule has 39 heavy (non-hydrogen) atoms. The van der Waals surface area contributed by atoms with Crippen molar-refractivity contribution in [3.8, 4) is 5.75 Å². The van der Waals surface area contributed by atoms with Gasteiger partial charge >= 0.3 is 0 Å². The molecule has 1 N–H and O–H groups in total. The van der Waals surface area contributed by atoms with Gasteiger partial charge in [0.15, 0.2) is 5.13 Å². The lowest BCUT2D eigenvalue weighted by atomic mass is 10.1. The molecule has 1 aromatic heterocycles. The van der Waals surface area contributed by atoms with E-state index in [0.717, 1.165) is 11.2 Å². The number of hydrogen-bond acceptors (Lipinski definition) is 7. The lowest BCUT2D eigenvalue weighted by Gasteiger charge is -2.21. The maximum Gasteiger partial charge on any atom is 0.261 e. The summed E-state index contributed by atoms with van der Waals surface area (Å²) in [6.45, 7) is 1.16. The minimum atomic E-state index is -3.88. The number of methoxy groups -OCH3 is 1. The van der Waals surface area contributed by atoms with Crippen LogP contribution in [0.25, 0.3) is 10.2 Å². The Bertz CT molecular complexity index is 1560. The smallest absolute Gasteiger partial charge is 0.261 e. The third-order valence-electron chi connectivity index (χ3n) is 5.62. The molecule has 0 saturated carbocycles. The number of carbonyl (C=O) groups excluding carboxylic acids is 1. The van der Waals surface area contributed by atoms with Crippen molar-refractivity contribution in [2.75, 3.05) is 43.9 Å². The molecule has 0 aliphatic carbocycles. The van der Waals surface area contributed by atoms with E-state index >= 15 is 0 Å². The number of amides is 1. The van der Waals surface area contributed by atoms with Crippen molar-refractivity contribution in [2.24, 2.45) is 0 Å². The number of carbonyl (C=O) groups is 1. The van der Waals surface area contributed by atoms with Crippen LogP contribution in [0.15, 0.2) is 65.6 Å². The molecule has 0 saturated heterocycles. The van der Waals surface area contributed by atoms with Crippen LogP contribution in [0.2, 0.25) is 10.0 Å². The highest BCUT2D eigenvalue weighted by molar-refractivity contribution is 7.92. The number of nitrogens with one attached hydrogen (secondary N) is 1. The van der Waals surface area contributed by atoms with Gasteiger partial charge < -0.3 is 9.64 Å². The Hall–Kier alpha value is -2.60. The summed E-state index contributed by atoms with van der Waals surface area (Å²) in [6, 6.07) is 15.7. The molecule has 0 bridgehead atoms. The van der Waals surface area contributed by atoms with E-state index in [0.29, 0.717) is 45.0 Å². The largest absolute Gasteiger partial charge is 0.494 e. The van der Waals surface area contributed by atoms with Crippen LogP contribution in [0.1, 0.15) is 16.8 Å². The number of hydrogen-bond donors (Lipinski definition) is 1. The summed E-state index contributed by atoms with van der Waals surface area (Å²) < 4.78 is 34.4. The second-order valence-electron chi connectivity index (χ2n) is 8.68. The van der Waals surface area contributed by atoms with Gasteiger partial charge in [0.25, 0.3) is 15.9 Å². The first kappa shape index (κ1) is 30.9. The summed E-state index contributed by atoms with van der Waals surface area (Å²) in [5.74, 6) is 0.247. The monoisotopic (exact) mass is 628 g/mol. The van der Waals surface area contributed by atoms with Crippen LogP contribution < -0.4 is 14.4 Å². The summed E-state index contributed by atoms with van der Waals surface area (Å²) in [4.78, 5) is 22.2. The van der Waals surface area contributed by atoms with E-state index in [-0.39, 0.29) is 28.9 Å². The molecule has 0 atom stereocenters. The summed E-state index contributed by atoms with van der Waals surface area (Å²) in [5, 5.41) is 1.42. The minimum Gasteiger partial charge on any atom is -0.494 e. The Morgan fingerprint density at radius 2 is 1.77 bits per heavy atom. The van der Waals surface area contributed by atoms with Gasteiger partial charge in [0.1, 0.15) is 11.3 Å². The van der Waals surface area contributed by atoms with Crippen LogP contribution >= 0.6 is 46.9 Å². The Morgan fingerprint density at radius 1 is 1.05 bits per heavy atom. The standard InChI is InChI=1S/C26H26Cl2N4O4S2.ClH/c1-31(2)14-5-15-32(26-29-23-22(36-3)13-12-21(28)24(23)37-26)25(33)17-6-4-7-19(16-17)30-38(34,35)20-10-8-18(27)9-11-20;/h4,6-13,16,30H,5,14-15H2,1-3H3;1H. The Labute approximate surface area is 248 Å². The first-order valence-electron chi connectivity index (χ1n) is 11.6. The van der Waals surface area contributed by atoms with E-state index in [4.69, 9.17) is 32.9 Å². The predicted octanol–water partition coefficient (Wildman–Crippen LogP) is 6.43. The first-order valence-corrected chi connectivity index (χ1v) is 14.6. The fourth-order valence-electron chi connectivity index (χ4n) is 3.75. The van der Waals surface area contributed by atoms with Gasteiger partial charge in [-0.2, -0.15) is 0 Å². The minimum absolute atomic E-state index is 0. The van der Waals surface area contributed by atoms with Crippen molar-refractivity contribution in [2.45, 2.75) is 11.3 Å². The first-order chi connectivity index (χ1) is 18.1. The number of ether oxygens (including phenoxy) is 1. The van der Waals surface area contributed by atoms with Crippen molar-refractivity contribution < 1.29 is 17.9 Å². The molecule has 0 fully saturated rings. The Morgan fingerprint density at radius 3 is 2.44 bits per heavy atom. The van der Waals surface area contributed by atoms with Crippen molar-refractivity contribution in [1.82, 2.24) is 9.88 Å². The molecule has 3 aromatic carbocycles. The second kappa shape index (κ2) is 13.2. The fraction of sp³-hybridized carbons (Fsp3) is 0.231. The van der Waals surface area contributed by atoms with E-state index in [2.05, 4.69) is 4.72 Å². The van der Waals surface area contributed by atoms with Crippen LogP contribution in [0.5, 0.6) is 5.75 Å². The third kappa shape index (κ3) is 7.33. The van der Waals surface area contributed by atoms with E-state index in [1.54, 1.807) is 42.3 Å². The molecule has 1 heterocycles. The second-order valence-corrected chi connectivity index (χ2v) is 12.2. The van der Waals surface area contributed by atoms with Gasteiger partial charge in [-0.15, -0.1) is 12.4 Å². The molecule has 8 nitrogen and oxygen atoms in total. The summed E-state index contributed by atoms with van der Waals surface area (Å²) >= 11 is 13.6. The highest BCUT2D eigenvalue weighted by Crippen LogP contribution is 2.39. The van der Waals surface area contributed by atoms with Gasteiger partial charge in [-0.3, -0.25) is 14.4 Å². The van der Waals surface area contributed by atoms with E-state index in [1.165, 1.54) is 41.7 Å². The van der Waals surface area contributed by atoms with Crippen LogP contribution in [0.3, 0.4) is 0 Å². The molecule has 0 aliphatic rings. The van der Waals surface area contributed by atoms with Gasteiger partial charge in [0.2, 0.25) is 0 Å². The molecule has 1 amide bonds. The zero-order valence-electron chi connectivity index (χ0n) is 21.4. The number of aromatic nitrogens is 1. The number of anilines is 2. The number of fused-ring (bicyclic) bond motifs is 1. The van der Waals surface area contributed by atoms with Crippen molar-refractivity contribution in [3.63, 3.8) is 0 Å². The quantitative estimate of drug-likeness (QED) is 0.217. The summed E-state index contributed by atoms with van der Waals surface area (Å²) in [6.07, 6.45) is 0.697. The Kier molecular flexibility index (Phi) is 10.4. The number of sulfonamides is 1. The maximum absolute atomic E-state index is 13.8. The zero-order valence-corrected chi connectivity index (χ0v) is 25.3. The lowest BCUT2D eigenvalue weighted by molar-refractivity contribution is 0.0986. The van der Waals surface area contributed by atoms with Gasteiger partial charge in [-0.1, -0.05) is 40.6 Å².